The highest BCUT2D eigenvalue weighted by molar-refractivity contribution is 5.89. The average Bonchev–Trinajstić information content (AvgIpc) is 2.17. The standard InChI is InChI=1S/C8H9NO3.ClH/c1-11-8(10)6-3-2-4-7(5-6)12-9;/h2-5H,9H2,1H3;1H. The van der Waals surface area contributed by atoms with Crippen molar-refractivity contribution in [3.8, 4) is 5.75 Å². The summed E-state index contributed by atoms with van der Waals surface area (Å²) in [5.41, 5.74) is 0.417. The van der Waals surface area contributed by atoms with Gasteiger partial charge in [-0.25, -0.2) is 4.79 Å². The lowest BCUT2D eigenvalue weighted by Gasteiger charge is -2.00. The molecule has 1 aromatic carbocycles. The van der Waals surface area contributed by atoms with E-state index in [9.17, 15) is 4.79 Å². The number of nitrogens with two attached hydrogens (primary N) is 1. The van der Waals surface area contributed by atoms with Gasteiger partial charge in [0.15, 0.2) is 0 Å². The fraction of sp³-hybridized carbons (Fsp3) is 0.125. The van der Waals surface area contributed by atoms with Crippen molar-refractivity contribution in [2.24, 2.45) is 5.90 Å². The highest BCUT2D eigenvalue weighted by atomic mass is 35.5. The maximum absolute atomic E-state index is 11.0. The minimum absolute atomic E-state index is 0. The van der Waals surface area contributed by atoms with Crippen molar-refractivity contribution in [2.75, 3.05) is 7.11 Å². The van der Waals surface area contributed by atoms with E-state index < -0.39 is 5.97 Å². The number of esters is 1. The first-order chi connectivity index (χ1) is 5.77. The second-order valence-electron chi connectivity index (χ2n) is 2.14. The molecule has 0 aliphatic carbocycles. The van der Waals surface area contributed by atoms with E-state index in [2.05, 4.69) is 9.57 Å². The van der Waals surface area contributed by atoms with Gasteiger partial charge < -0.3 is 9.57 Å². The molecule has 0 bridgehead atoms. The molecule has 0 aliphatic rings. The molecule has 4 nitrogen and oxygen atoms in total. The van der Waals surface area contributed by atoms with E-state index in [1.165, 1.54) is 13.2 Å². The average molecular weight is 204 g/mol. The van der Waals surface area contributed by atoms with Gasteiger partial charge in [-0.15, -0.1) is 12.4 Å². The van der Waals surface area contributed by atoms with E-state index in [-0.39, 0.29) is 12.4 Å². The smallest absolute Gasteiger partial charge is 0.337 e. The van der Waals surface area contributed by atoms with E-state index in [1.807, 2.05) is 0 Å². The Balaban J connectivity index is 0.00000144. The maximum atomic E-state index is 11.0. The molecular formula is C8H10ClNO3. The van der Waals surface area contributed by atoms with Crippen molar-refractivity contribution in [3.63, 3.8) is 0 Å². The lowest BCUT2D eigenvalue weighted by molar-refractivity contribution is 0.0600. The van der Waals surface area contributed by atoms with E-state index in [4.69, 9.17) is 5.90 Å². The van der Waals surface area contributed by atoms with Gasteiger partial charge in [-0.05, 0) is 18.2 Å². The van der Waals surface area contributed by atoms with Crippen molar-refractivity contribution in [3.05, 3.63) is 29.8 Å². The SMILES string of the molecule is COC(=O)c1cccc(ON)c1.Cl. The largest absolute Gasteiger partial charge is 0.465 e. The van der Waals surface area contributed by atoms with Crippen LogP contribution in [0, 0.1) is 0 Å². The van der Waals surface area contributed by atoms with Gasteiger partial charge in [0.1, 0.15) is 5.75 Å². The maximum Gasteiger partial charge on any atom is 0.337 e. The van der Waals surface area contributed by atoms with Crippen LogP contribution in [0.2, 0.25) is 0 Å². The van der Waals surface area contributed by atoms with Crippen LogP contribution < -0.4 is 10.7 Å². The number of carbonyl (C=O) groups excluding carboxylic acids is 1. The molecule has 0 amide bonds. The molecule has 0 aliphatic heterocycles. The summed E-state index contributed by atoms with van der Waals surface area (Å²) in [4.78, 5) is 15.4. The summed E-state index contributed by atoms with van der Waals surface area (Å²) >= 11 is 0. The van der Waals surface area contributed by atoms with E-state index in [1.54, 1.807) is 18.2 Å². The quantitative estimate of drug-likeness (QED) is 0.579. The second kappa shape index (κ2) is 5.40. The number of methoxy groups -OCH3 is 1. The third-order valence-electron chi connectivity index (χ3n) is 1.39. The first kappa shape index (κ1) is 11.7. The summed E-state index contributed by atoms with van der Waals surface area (Å²) in [6, 6.07) is 6.43. The van der Waals surface area contributed by atoms with Gasteiger partial charge in [0.05, 0.1) is 12.7 Å². The molecule has 72 valence electrons. The van der Waals surface area contributed by atoms with E-state index in [0.29, 0.717) is 11.3 Å². The van der Waals surface area contributed by atoms with Gasteiger partial charge in [-0.2, -0.15) is 5.90 Å². The second-order valence-corrected chi connectivity index (χ2v) is 2.14. The predicted octanol–water partition coefficient (Wildman–Crippen LogP) is 1.15. The normalized spacial score (nSPS) is 8.46. The van der Waals surface area contributed by atoms with Crippen LogP contribution in [-0.4, -0.2) is 13.1 Å². The van der Waals surface area contributed by atoms with Gasteiger partial charge in [0.2, 0.25) is 0 Å². The Labute approximate surface area is 82.0 Å². The van der Waals surface area contributed by atoms with Crippen LogP contribution in [0.3, 0.4) is 0 Å². The topological polar surface area (TPSA) is 61.5 Å². The molecule has 13 heavy (non-hydrogen) atoms. The van der Waals surface area contributed by atoms with Gasteiger partial charge in [0, 0.05) is 0 Å². The third-order valence-corrected chi connectivity index (χ3v) is 1.39. The molecule has 0 spiro atoms. The lowest BCUT2D eigenvalue weighted by atomic mass is 10.2. The van der Waals surface area contributed by atoms with Gasteiger partial charge in [-0.3, -0.25) is 0 Å². The number of halogens is 1. The Morgan fingerprint density at radius 1 is 1.46 bits per heavy atom. The fourth-order valence-corrected chi connectivity index (χ4v) is 0.814. The highest BCUT2D eigenvalue weighted by Gasteiger charge is 2.04. The van der Waals surface area contributed by atoms with E-state index in [0.717, 1.165) is 0 Å². The number of rotatable bonds is 2. The first-order valence-corrected chi connectivity index (χ1v) is 3.33. The summed E-state index contributed by atoms with van der Waals surface area (Å²) in [6.07, 6.45) is 0. The van der Waals surface area contributed by atoms with Crippen LogP contribution in [-0.2, 0) is 4.74 Å². The molecule has 0 saturated heterocycles. The number of ether oxygens (including phenoxy) is 1. The minimum atomic E-state index is -0.408. The summed E-state index contributed by atoms with van der Waals surface area (Å²) in [5, 5.41) is 0. The third kappa shape index (κ3) is 2.93. The highest BCUT2D eigenvalue weighted by Crippen LogP contribution is 2.12. The molecule has 0 saturated carbocycles. The predicted molar refractivity (Wildman–Crippen MR) is 49.8 cm³/mol. The lowest BCUT2D eigenvalue weighted by Crippen LogP contribution is -2.04. The number of hydrogen-bond donors (Lipinski definition) is 1. The molecule has 0 fully saturated rings. The minimum Gasteiger partial charge on any atom is -0.465 e. The van der Waals surface area contributed by atoms with Crippen LogP contribution in [0.5, 0.6) is 5.75 Å². The van der Waals surface area contributed by atoms with Crippen LogP contribution >= 0.6 is 12.4 Å². The Bertz CT molecular complexity index is 290. The number of carbonyl (C=O) groups is 1. The van der Waals surface area contributed by atoms with Crippen molar-refractivity contribution < 1.29 is 14.4 Å². The number of hydrogen-bond acceptors (Lipinski definition) is 4. The molecule has 0 atom stereocenters. The molecule has 0 aromatic heterocycles. The summed E-state index contributed by atoms with van der Waals surface area (Å²) in [5.74, 6) is 4.93. The molecule has 2 N–H and O–H groups in total. The number of benzene rings is 1. The Hall–Kier alpha value is -1.26. The zero-order valence-corrected chi connectivity index (χ0v) is 7.84. The zero-order chi connectivity index (χ0) is 8.97. The first-order valence-electron chi connectivity index (χ1n) is 3.33. The van der Waals surface area contributed by atoms with Crippen molar-refractivity contribution in [1.82, 2.24) is 0 Å². The van der Waals surface area contributed by atoms with Crippen molar-refractivity contribution in [2.45, 2.75) is 0 Å². The van der Waals surface area contributed by atoms with Crippen molar-refractivity contribution >= 4 is 18.4 Å². The zero-order valence-electron chi connectivity index (χ0n) is 7.02. The Kier molecular flexibility index (Phi) is 4.87. The van der Waals surface area contributed by atoms with Crippen LogP contribution in [0.25, 0.3) is 0 Å². The molecule has 1 aromatic rings. The van der Waals surface area contributed by atoms with Crippen LogP contribution in [0.15, 0.2) is 24.3 Å². The molecule has 5 heteroatoms. The monoisotopic (exact) mass is 203 g/mol. The fourth-order valence-electron chi connectivity index (χ4n) is 0.814. The molecule has 0 unspecified atom stereocenters. The molecule has 0 radical (unpaired) electrons. The molecule has 0 heterocycles. The van der Waals surface area contributed by atoms with Crippen molar-refractivity contribution in [1.29, 1.82) is 0 Å². The van der Waals surface area contributed by atoms with E-state index >= 15 is 0 Å². The van der Waals surface area contributed by atoms with Gasteiger partial charge in [-0.1, -0.05) is 6.07 Å². The molecular weight excluding hydrogens is 194 g/mol. The summed E-state index contributed by atoms with van der Waals surface area (Å²) in [7, 11) is 1.32. The van der Waals surface area contributed by atoms with Gasteiger partial charge in [0.25, 0.3) is 0 Å². The van der Waals surface area contributed by atoms with Gasteiger partial charge >= 0.3 is 5.97 Å². The summed E-state index contributed by atoms with van der Waals surface area (Å²) in [6.45, 7) is 0. The molecule has 1 rings (SSSR count). The van der Waals surface area contributed by atoms with Crippen LogP contribution in [0.4, 0.5) is 0 Å². The Morgan fingerprint density at radius 2 is 2.15 bits per heavy atom. The van der Waals surface area contributed by atoms with Crippen LogP contribution in [0.1, 0.15) is 10.4 Å². The summed E-state index contributed by atoms with van der Waals surface area (Å²) < 4.78 is 4.50. The Morgan fingerprint density at radius 3 is 2.69 bits per heavy atom.